The van der Waals surface area contributed by atoms with E-state index >= 15 is 0 Å². The van der Waals surface area contributed by atoms with Crippen LogP contribution in [0.15, 0.2) is 18.2 Å². The van der Waals surface area contributed by atoms with Gasteiger partial charge in [0.25, 0.3) is 5.91 Å². The zero-order chi connectivity index (χ0) is 17.3. The van der Waals surface area contributed by atoms with Crippen molar-refractivity contribution in [2.75, 3.05) is 6.54 Å². The number of Topliss-reactive ketones (excluding diaryl/α,β-unsaturated/α-hetero) is 1. The molecule has 1 aromatic rings. The molecule has 1 saturated carbocycles. The molecule has 0 bridgehead atoms. The van der Waals surface area contributed by atoms with Crippen molar-refractivity contribution in [3.8, 4) is 0 Å². The lowest BCUT2D eigenvalue weighted by atomic mass is 9.96. The van der Waals surface area contributed by atoms with E-state index in [4.69, 9.17) is 0 Å². The Morgan fingerprint density at radius 3 is 2.50 bits per heavy atom. The molecule has 1 aromatic carbocycles. The van der Waals surface area contributed by atoms with Crippen molar-refractivity contribution in [3.63, 3.8) is 0 Å². The highest BCUT2D eigenvalue weighted by Crippen LogP contribution is 2.35. The first-order chi connectivity index (χ1) is 11.5. The van der Waals surface area contributed by atoms with E-state index in [2.05, 4.69) is 5.32 Å². The van der Waals surface area contributed by atoms with Gasteiger partial charge < -0.3 is 5.32 Å². The molecule has 2 aliphatic rings. The number of hydrogen-bond acceptors (Lipinski definition) is 3. The Morgan fingerprint density at radius 2 is 1.88 bits per heavy atom. The van der Waals surface area contributed by atoms with Gasteiger partial charge in [0.1, 0.15) is 5.54 Å². The van der Waals surface area contributed by atoms with E-state index in [1.165, 1.54) is 0 Å². The van der Waals surface area contributed by atoms with Crippen LogP contribution in [-0.4, -0.2) is 34.7 Å². The largest absolute Gasteiger partial charge is 0.325 e. The maximum atomic E-state index is 12.8. The number of imide groups is 1. The number of aryl methyl sites for hydroxylation is 2. The molecule has 1 aliphatic heterocycles. The van der Waals surface area contributed by atoms with E-state index < -0.39 is 11.6 Å². The number of nitrogens with one attached hydrogen (secondary N) is 1. The van der Waals surface area contributed by atoms with Crippen LogP contribution in [0.25, 0.3) is 0 Å². The van der Waals surface area contributed by atoms with Gasteiger partial charge in [0.2, 0.25) is 0 Å². The molecule has 3 amide bonds. The lowest BCUT2D eigenvalue weighted by molar-refractivity contribution is -0.130. The number of benzene rings is 1. The molecule has 0 unspecified atom stereocenters. The minimum Gasteiger partial charge on any atom is -0.323 e. The molecule has 3 rings (SSSR count). The van der Waals surface area contributed by atoms with Gasteiger partial charge in [-0.25, -0.2) is 4.79 Å². The first-order valence-electron chi connectivity index (χ1n) is 8.80. The molecule has 0 radical (unpaired) electrons. The van der Waals surface area contributed by atoms with Crippen LogP contribution >= 0.6 is 0 Å². The van der Waals surface area contributed by atoms with Crippen molar-refractivity contribution in [3.05, 3.63) is 34.9 Å². The number of carbonyl (C=O) groups excluding carboxylic acids is 3. The highest BCUT2D eigenvalue weighted by Gasteiger charge is 2.52. The molecule has 2 fully saturated rings. The zero-order valence-corrected chi connectivity index (χ0v) is 14.4. The lowest BCUT2D eigenvalue weighted by Gasteiger charge is -2.20. The summed E-state index contributed by atoms with van der Waals surface area (Å²) in [4.78, 5) is 38.8. The molecule has 5 nitrogen and oxygen atoms in total. The van der Waals surface area contributed by atoms with E-state index in [1.54, 1.807) is 0 Å². The summed E-state index contributed by atoms with van der Waals surface area (Å²) in [6.45, 7) is 3.86. The van der Waals surface area contributed by atoms with Gasteiger partial charge in [0.05, 0.1) is 6.54 Å². The SMILES string of the molecule is CCc1ccc(CC)c(C(=O)CN2C(=O)NC3(CCCC3)C2=O)c1. The predicted molar refractivity (Wildman–Crippen MR) is 91.0 cm³/mol. The van der Waals surface area contributed by atoms with Gasteiger partial charge in [-0.05, 0) is 42.9 Å². The van der Waals surface area contributed by atoms with Crippen molar-refractivity contribution in [2.24, 2.45) is 0 Å². The van der Waals surface area contributed by atoms with Crippen LogP contribution in [0.3, 0.4) is 0 Å². The van der Waals surface area contributed by atoms with Gasteiger partial charge >= 0.3 is 6.03 Å². The minimum atomic E-state index is -0.754. The Labute approximate surface area is 142 Å². The second kappa shape index (κ2) is 6.38. The van der Waals surface area contributed by atoms with Gasteiger partial charge in [0.15, 0.2) is 5.78 Å². The Balaban J connectivity index is 1.82. The minimum absolute atomic E-state index is 0.166. The molecule has 1 heterocycles. The van der Waals surface area contributed by atoms with Gasteiger partial charge in [0, 0.05) is 5.56 Å². The Morgan fingerprint density at radius 1 is 1.17 bits per heavy atom. The summed E-state index contributed by atoms with van der Waals surface area (Å²) in [6, 6.07) is 5.46. The maximum absolute atomic E-state index is 12.8. The van der Waals surface area contributed by atoms with Gasteiger partial charge in [-0.3, -0.25) is 14.5 Å². The summed E-state index contributed by atoms with van der Waals surface area (Å²) in [5.41, 5.74) is 1.92. The number of urea groups is 1. The van der Waals surface area contributed by atoms with Crippen molar-refractivity contribution in [2.45, 2.75) is 57.9 Å². The third-order valence-electron chi connectivity index (χ3n) is 5.27. The third-order valence-corrected chi connectivity index (χ3v) is 5.27. The van der Waals surface area contributed by atoms with E-state index in [-0.39, 0.29) is 18.2 Å². The van der Waals surface area contributed by atoms with Gasteiger partial charge in [-0.2, -0.15) is 0 Å². The summed E-state index contributed by atoms with van der Waals surface area (Å²) < 4.78 is 0. The molecule has 0 aromatic heterocycles. The van der Waals surface area contributed by atoms with Crippen molar-refractivity contribution < 1.29 is 14.4 Å². The highest BCUT2D eigenvalue weighted by molar-refractivity contribution is 6.11. The molecule has 1 aliphatic carbocycles. The fraction of sp³-hybridized carbons (Fsp3) is 0.526. The first-order valence-corrected chi connectivity index (χ1v) is 8.80. The predicted octanol–water partition coefficient (Wildman–Crippen LogP) is 2.86. The topological polar surface area (TPSA) is 66.5 Å². The van der Waals surface area contributed by atoms with Gasteiger partial charge in [-0.1, -0.05) is 38.8 Å². The average molecular weight is 328 g/mol. The number of ketones is 1. The van der Waals surface area contributed by atoms with Crippen LogP contribution in [-0.2, 0) is 17.6 Å². The summed E-state index contributed by atoms with van der Waals surface area (Å²) in [7, 11) is 0. The molecule has 0 atom stereocenters. The van der Waals surface area contributed by atoms with Crippen molar-refractivity contribution in [1.82, 2.24) is 10.2 Å². The van der Waals surface area contributed by atoms with Crippen molar-refractivity contribution >= 4 is 17.7 Å². The second-order valence-electron chi connectivity index (χ2n) is 6.73. The van der Waals surface area contributed by atoms with E-state index in [0.717, 1.165) is 41.7 Å². The first kappa shape index (κ1) is 16.7. The molecule has 24 heavy (non-hydrogen) atoms. The zero-order valence-electron chi connectivity index (χ0n) is 14.4. The fourth-order valence-corrected chi connectivity index (χ4v) is 3.78. The van der Waals surface area contributed by atoms with Crippen LogP contribution in [0, 0.1) is 0 Å². The fourth-order valence-electron chi connectivity index (χ4n) is 3.78. The van der Waals surface area contributed by atoms with Crippen LogP contribution in [0.4, 0.5) is 4.79 Å². The standard InChI is InChI=1S/C19H24N2O3/c1-3-13-7-8-14(4-2)15(11-13)16(22)12-21-17(23)19(20-18(21)24)9-5-6-10-19/h7-8,11H,3-6,9-10,12H2,1-2H3,(H,20,24). The number of hydrogen-bond donors (Lipinski definition) is 1. The average Bonchev–Trinajstić information content (AvgIpc) is 3.15. The second-order valence-corrected chi connectivity index (χ2v) is 6.73. The van der Waals surface area contributed by atoms with E-state index in [1.807, 2.05) is 32.0 Å². The molecule has 5 heteroatoms. The quantitative estimate of drug-likeness (QED) is 0.667. The molecular formula is C19H24N2O3. The molecule has 1 spiro atoms. The third kappa shape index (κ3) is 2.72. The normalized spacial score (nSPS) is 19.2. The maximum Gasteiger partial charge on any atom is 0.325 e. The van der Waals surface area contributed by atoms with E-state index in [9.17, 15) is 14.4 Å². The summed E-state index contributed by atoms with van der Waals surface area (Å²) in [5.74, 6) is -0.399. The van der Waals surface area contributed by atoms with Gasteiger partial charge in [-0.15, -0.1) is 0 Å². The monoisotopic (exact) mass is 328 g/mol. The summed E-state index contributed by atoms with van der Waals surface area (Å²) >= 11 is 0. The van der Waals surface area contributed by atoms with Crippen LogP contribution in [0.5, 0.6) is 0 Å². The molecular weight excluding hydrogens is 304 g/mol. The lowest BCUT2D eigenvalue weighted by Crippen LogP contribution is -2.44. The Hall–Kier alpha value is -2.17. The van der Waals surface area contributed by atoms with Crippen LogP contribution in [0.1, 0.15) is 61.0 Å². The number of rotatable bonds is 5. The highest BCUT2D eigenvalue weighted by atomic mass is 16.2. The number of amides is 3. The Kier molecular flexibility index (Phi) is 4.43. The molecule has 128 valence electrons. The number of carbonyl (C=O) groups is 3. The summed E-state index contributed by atoms with van der Waals surface area (Å²) in [6.07, 6.45) is 4.81. The molecule has 1 N–H and O–H groups in total. The van der Waals surface area contributed by atoms with Crippen molar-refractivity contribution in [1.29, 1.82) is 0 Å². The summed E-state index contributed by atoms with van der Waals surface area (Å²) in [5, 5.41) is 2.82. The van der Waals surface area contributed by atoms with Crippen LogP contribution < -0.4 is 5.32 Å². The van der Waals surface area contributed by atoms with E-state index in [0.29, 0.717) is 18.4 Å². The Bertz CT molecular complexity index is 690. The smallest absolute Gasteiger partial charge is 0.323 e. The number of nitrogens with zero attached hydrogens (tertiary/aromatic N) is 1. The molecule has 1 saturated heterocycles. The van der Waals surface area contributed by atoms with Crippen LogP contribution in [0.2, 0.25) is 0 Å².